The number of hydrogen-bond donors (Lipinski definition) is 1. The normalized spacial score (nSPS) is 15.8. The lowest BCUT2D eigenvalue weighted by Crippen LogP contribution is -2.41. The molecule has 2 rings (SSSR count). The molecule has 0 radical (unpaired) electrons. The molecule has 0 atom stereocenters. The van der Waals surface area contributed by atoms with Crippen molar-refractivity contribution in [2.24, 2.45) is 5.92 Å². The summed E-state index contributed by atoms with van der Waals surface area (Å²) in [4.78, 5) is 12.2. The maximum Gasteiger partial charge on any atom is 0.223 e. The summed E-state index contributed by atoms with van der Waals surface area (Å²) in [5, 5.41) is 2.91. The summed E-state index contributed by atoms with van der Waals surface area (Å²) in [6.07, 6.45) is 7.14. The number of nitrogens with one attached hydrogen (secondary N) is 1. The fourth-order valence-corrected chi connectivity index (χ4v) is 4.15. The first-order valence-corrected chi connectivity index (χ1v) is 11.1. The molecule has 1 aromatic rings. The second kappa shape index (κ2) is 9.92. The van der Waals surface area contributed by atoms with Gasteiger partial charge in [0.15, 0.2) is 0 Å². The van der Waals surface area contributed by atoms with Crippen LogP contribution < -0.4 is 10.1 Å². The molecule has 1 aromatic carbocycles. The second-order valence-corrected chi connectivity index (χ2v) is 8.87. The van der Waals surface area contributed by atoms with E-state index in [1.165, 1.54) is 17.0 Å². The summed E-state index contributed by atoms with van der Waals surface area (Å²) in [6.45, 7) is 1.04. The van der Waals surface area contributed by atoms with Crippen molar-refractivity contribution in [3.05, 3.63) is 29.8 Å². The standard InChI is InChI=1S/C19H30N2O4S/c1-25-18-10-8-16(9-11-18)12-14-21(26(2,23)24)15-13-20-19(22)17-6-4-3-5-7-17/h8-11,17H,3-7,12-15H2,1-2H3,(H,20,22). The number of nitrogens with zero attached hydrogens (tertiary/aromatic N) is 1. The van der Waals surface area contributed by atoms with Crippen LogP contribution in [0.2, 0.25) is 0 Å². The number of rotatable bonds is 9. The van der Waals surface area contributed by atoms with Gasteiger partial charge in [-0.1, -0.05) is 31.4 Å². The third kappa shape index (κ3) is 6.61. The van der Waals surface area contributed by atoms with Crippen molar-refractivity contribution < 1.29 is 17.9 Å². The molecule has 0 saturated heterocycles. The van der Waals surface area contributed by atoms with Gasteiger partial charge in [0.2, 0.25) is 15.9 Å². The summed E-state index contributed by atoms with van der Waals surface area (Å²) in [5.41, 5.74) is 1.05. The molecule has 1 fully saturated rings. The maximum atomic E-state index is 12.2. The quantitative estimate of drug-likeness (QED) is 0.710. The Labute approximate surface area is 157 Å². The zero-order valence-electron chi connectivity index (χ0n) is 15.7. The molecule has 0 heterocycles. The molecule has 0 spiro atoms. The molecule has 1 amide bonds. The highest BCUT2D eigenvalue weighted by atomic mass is 32.2. The van der Waals surface area contributed by atoms with Gasteiger partial charge in [0.05, 0.1) is 13.4 Å². The van der Waals surface area contributed by atoms with E-state index < -0.39 is 10.0 Å². The Kier molecular flexibility index (Phi) is 7.90. The Morgan fingerprint density at radius 3 is 2.38 bits per heavy atom. The molecule has 1 saturated carbocycles. The van der Waals surface area contributed by atoms with Gasteiger partial charge in [-0.3, -0.25) is 4.79 Å². The van der Waals surface area contributed by atoms with Crippen molar-refractivity contribution in [1.82, 2.24) is 9.62 Å². The van der Waals surface area contributed by atoms with Crippen molar-refractivity contribution in [3.63, 3.8) is 0 Å². The monoisotopic (exact) mass is 382 g/mol. The average molecular weight is 383 g/mol. The predicted molar refractivity (Wildman–Crippen MR) is 103 cm³/mol. The fraction of sp³-hybridized carbons (Fsp3) is 0.632. The van der Waals surface area contributed by atoms with Gasteiger partial charge < -0.3 is 10.1 Å². The first-order chi connectivity index (χ1) is 12.4. The van der Waals surface area contributed by atoms with E-state index in [4.69, 9.17) is 4.74 Å². The van der Waals surface area contributed by atoms with Crippen molar-refractivity contribution >= 4 is 15.9 Å². The van der Waals surface area contributed by atoms with Gasteiger partial charge in [0.1, 0.15) is 5.75 Å². The molecule has 0 aromatic heterocycles. The van der Waals surface area contributed by atoms with Crippen molar-refractivity contribution in [3.8, 4) is 5.75 Å². The zero-order chi connectivity index (χ0) is 19.0. The van der Waals surface area contributed by atoms with Crippen LogP contribution in [-0.4, -0.2) is 51.6 Å². The van der Waals surface area contributed by atoms with E-state index in [0.29, 0.717) is 26.1 Å². The Morgan fingerprint density at radius 1 is 1.15 bits per heavy atom. The first kappa shape index (κ1) is 20.7. The molecular formula is C19H30N2O4S. The van der Waals surface area contributed by atoms with Crippen molar-refractivity contribution in [2.75, 3.05) is 33.0 Å². The van der Waals surface area contributed by atoms with Crippen LogP contribution in [0.4, 0.5) is 0 Å². The van der Waals surface area contributed by atoms with Gasteiger partial charge in [0.25, 0.3) is 0 Å². The van der Waals surface area contributed by atoms with Crippen LogP contribution in [0.5, 0.6) is 5.75 Å². The number of hydrogen-bond acceptors (Lipinski definition) is 4. The van der Waals surface area contributed by atoms with E-state index in [1.54, 1.807) is 7.11 Å². The van der Waals surface area contributed by atoms with Gasteiger partial charge in [-0.15, -0.1) is 0 Å². The van der Waals surface area contributed by atoms with Crippen LogP contribution >= 0.6 is 0 Å². The molecule has 7 heteroatoms. The van der Waals surface area contributed by atoms with Crippen molar-refractivity contribution in [2.45, 2.75) is 38.5 Å². The van der Waals surface area contributed by atoms with Crippen LogP contribution in [-0.2, 0) is 21.2 Å². The van der Waals surface area contributed by atoms with Gasteiger partial charge in [-0.2, -0.15) is 0 Å². The number of benzene rings is 1. The molecule has 26 heavy (non-hydrogen) atoms. The second-order valence-electron chi connectivity index (χ2n) is 6.89. The van der Waals surface area contributed by atoms with Crippen LogP contribution in [0.15, 0.2) is 24.3 Å². The van der Waals surface area contributed by atoms with E-state index in [1.807, 2.05) is 24.3 Å². The highest BCUT2D eigenvalue weighted by molar-refractivity contribution is 7.88. The lowest BCUT2D eigenvalue weighted by molar-refractivity contribution is -0.125. The summed E-state index contributed by atoms with van der Waals surface area (Å²) >= 11 is 0. The lowest BCUT2D eigenvalue weighted by Gasteiger charge is -2.23. The zero-order valence-corrected chi connectivity index (χ0v) is 16.6. The highest BCUT2D eigenvalue weighted by Crippen LogP contribution is 2.23. The van der Waals surface area contributed by atoms with E-state index in [9.17, 15) is 13.2 Å². The summed E-state index contributed by atoms with van der Waals surface area (Å²) in [5.74, 6) is 0.933. The van der Waals surface area contributed by atoms with E-state index in [2.05, 4.69) is 5.32 Å². The van der Waals surface area contributed by atoms with Crippen LogP contribution in [0.1, 0.15) is 37.7 Å². The van der Waals surface area contributed by atoms with Gasteiger partial charge in [-0.05, 0) is 37.0 Å². The molecule has 0 aliphatic heterocycles. The summed E-state index contributed by atoms with van der Waals surface area (Å²) in [7, 11) is -1.70. The first-order valence-electron chi connectivity index (χ1n) is 9.26. The number of carbonyl (C=O) groups is 1. The minimum absolute atomic E-state index is 0.0632. The molecule has 1 aliphatic rings. The summed E-state index contributed by atoms with van der Waals surface area (Å²) < 4.78 is 30.6. The largest absolute Gasteiger partial charge is 0.497 e. The third-order valence-corrected chi connectivity index (χ3v) is 6.22. The highest BCUT2D eigenvalue weighted by Gasteiger charge is 2.21. The number of carbonyl (C=O) groups excluding carboxylic acids is 1. The Morgan fingerprint density at radius 2 is 1.81 bits per heavy atom. The molecule has 1 aliphatic carbocycles. The van der Waals surface area contributed by atoms with E-state index >= 15 is 0 Å². The number of ether oxygens (including phenoxy) is 1. The molecule has 0 bridgehead atoms. The number of methoxy groups -OCH3 is 1. The van der Waals surface area contributed by atoms with Gasteiger partial charge >= 0.3 is 0 Å². The van der Waals surface area contributed by atoms with Crippen molar-refractivity contribution in [1.29, 1.82) is 0 Å². The predicted octanol–water partition coefficient (Wildman–Crippen LogP) is 2.20. The molecule has 146 valence electrons. The minimum Gasteiger partial charge on any atom is -0.497 e. The van der Waals surface area contributed by atoms with Crippen LogP contribution in [0, 0.1) is 5.92 Å². The SMILES string of the molecule is COc1ccc(CCN(CCNC(=O)C2CCCCC2)S(C)(=O)=O)cc1. The lowest BCUT2D eigenvalue weighted by atomic mass is 9.89. The molecule has 6 nitrogen and oxygen atoms in total. The molecular weight excluding hydrogens is 352 g/mol. The fourth-order valence-electron chi connectivity index (χ4n) is 3.30. The van der Waals surface area contributed by atoms with E-state index in [0.717, 1.165) is 37.0 Å². The smallest absolute Gasteiger partial charge is 0.223 e. The Bertz CT molecular complexity index is 667. The minimum atomic E-state index is -3.31. The van der Waals surface area contributed by atoms with Crippen LogP contribution in [0.25, 0.3) is 0 Å². The molecule has 0 unspecified atom stereocenters. The van der Waals surface area contributed by atoms with E-state index in [-0.39, 0.29) is 11.8 Å². The number of amides is 1. The van der Waals surface area contributed by atoms with Gasteiger partial charge in [-0.25, -0.2) is 12.7 Å². The molecule has 1 N–H and O–H groups in total. The topological polar surface area (TPSA) is 75.7 Å². The van der Waals surface area contributed by atoms with Crippen LogP contribution in [0.3, 0.4) is 0 Å². The van der Waals surface area contributed by atoms with Gasteiger partial charge in [0, 0.05) is 25.6 Å². The number of sulfonamides is 1. The summed E-state index contributed by atoms with van der Waals surface area (Å²) in [6, 6.07) is 7.60. The Balaban J connectivity index is 1.81. The maximum absolute atomic E-state index is 12.2. The Hall–Kier alpha value is -1.60. The average Bonchev–Trinajstić information content (AvgIpc) is 2.64. The third-order valence-electron chi connectivity index (χ3n) is 4.91.